The van der Waals surface area contributed by atoms with Gasteiger partial charge in [0, 0.05) is 24.7 Å². The lowest BCUT2D eigenvalue weighted by atomic mass is 10.4. The minimum Gasteiger partial charge on any atom is -0.379 e. The number of nitrogens with one attached hydrogen (secondary N) is 1. The van der Waals surface area contributed by atoms with Crippen LogP contribution < -0.4 is 5.32 Å². The molecule has 0 bridgehead atoms. The SMILES string of the molecule is Cc1nsc(NCCCOC(C)C)n1. The van der Waals surface area contributed by atoms with Crippen LogP contribution in [0, 0.1) is 6.92 Å². The molecule has 0 aliphatic carbocycles. The Balaban J connectivity index is 2.04. The lowest BCUT2D eigenvalue weighted by Gasteiger charge is -2.06. The number of aryl methyl sites for hydroxylation is 1. The number of ether oxygens (including phenoxy) is 1. The van der Waals surface area contributed by atoms with Gasteiger partial charge in [0.05, 0.1) is 6.10 Å². The fourth-order valence-electron chi connectivity index (χ4n) is 0.955. The van der Waals surface area contributed by atoms with E-state index < -0.39 is 0 Å². The molecule has 0 saturated heterocycles. The van der Waals surface area contributed by atoms with Gasteiger partial charge in [0.1, 0.15) is 5.82 Å². The summed E-state index contributed by atoms with van der Waals surface area (Å²) in [6.45, 7) is 7.66. The zero-order chi connectivity index (χ0) is 10.4. The molecule has 1 aromatic rings. The average Bonchev–Trinajstić information content (AvgIpc) is 2.50. The first-order valence-electron chi connectivity index (χ1n) is 4.84. The molecule has 0 spiro atoms. The molecule has 80 valence electrons. The molecule has 0 fully saturated rings. The van der Waals surface area contributed by atoms with Crippen molar-refractivity contribution in [2.45, 2.75) is 33.3 Å². The van der Waals surface area contributed by atoms with E-state index >= 15 is 0 Å². The van der Waals surface area contributed by atoms with Crippen molar-refractivity contribution in [2.24, 2.45) is 0 Å². The highest BCUT2D eigenvalue weighted by atomic mass is 32.1. The number of hydrogen-bond acceptors (Lipinski definition) is 5. The predicted molar refractivity (Wildman–Crippen MR) is 58.8 cm³/mol. The van der Waals surface area contributed by atoms with Crippen LogP contribution in [0.15, 0.2) is 0 Å². The summed E-state index contributed by atoms with van der Waals surface area (Å²) >= 11 is 1.40. The minimum absolute atomic E-state index is 0.318. The van der Waals surface area contributed by atoms with E-state index in [1.54, 1.807) is 0 Å². The van der Waals surface area contributed by atoms with Crippen molar-refractivity contribution in [2.75, 3.05) is 18.5 Å². The zero-order valence-electron chi connectivity index (χ0n) is 8.91. The summed E-state index contributed by atoms with van der Waals surface area (Å²) < 4.78 is 9.49. The lowest BCUT2D eigenvalue weighted by molar-refractivity contribution is 0.0787. The maximum atomic E-state index is 5.41. The summed E-state index contributed by atoms with van der Waals surface area (Å²) in [7, 11) is 0. The molecule has 1 aromatic heterocycles. The first-order chi connectivity index (χ1) is 6.68. The van der Waals surface area contributed by atoms with Crippen molar-refractivity contribution in [3.05, 3.63) is 5.82 Å². The van der Waals surface area contributed by atoms with E-state index in [0.717, 1.165) is 30.5 Å². The van der Waals surface area contributed by atoms with Gasteiger partial charge in [-0.2, -0.15) is 4.37 Å². The summed E-state index contributed by atoms with van der Waals surface area (Å²) in [6.07, 6.45) is 1.32. The van der Waals surface area contributed by atoms with Crippen molar-refractivity contribution in [3.8, 4) is 0 Å². The topological polar surface area (TPSA) is 47.0 Å². The number of hydrogen-bond donors (Lipinski definition) is 1. The van der Waals surface area contributed by atoms with Gasteiger partial charge in [0.25, 0.3) is 0 Å². The normalized spacial score (nSPS) is 10.9. The van der Waals surface area contributed by atoms with Crippen LogP contribution in [0.3, 0.4) is 0 Å². The van der Waals surface area contributed by atoms with Crippen LogP contribution in [-0.2, 0) is 4.74 Å². The molecule has 0 aliphatic rings. The molecule has 0 amide bonds. The maximum Gasteiger partial charge on any atom is 0.202 e. The van der Waals surface area contributed by atoms with Crippen molar-refractivity contribution < 1.29 is 4.74 Å². The van der Waals surface area contributed by atoms with E-state index in [9.17, 15) is 0 Å². The van der Waals surface area contributed by atoms with Gasteiger partial charge in [-0.1, -0.05) is 0 Å². The predicted octanol–water partition coefficient (Wildman–Crippen LogP) is 2.07. The largest absolute Gasteiger partial charge is 0.379 e. The van der Waals surface area contributed by atoms with Crippen LogP contribution in [0.2, 0.25) is 0 Å². The summed E-state index contributed by atoms with van der Waals surface area (Å²) in [4.78, 5) is 4.20. The maximum absolute atomic E-state index is 5.41. The van der Waals surface area contributed by atoms with E-state index in [1.165, 1.54) is 11.5 Å². The van der Waals surface area contributed by atoms with Crippen LogP contribution in [-0.4, -0.2) is 28.6 Å². The van der Waals surface area contributed by atoms with Crippen LogP contribution in [0.5, 0.6) is 0 Å². The highest BCUT2D eigenvalue weighted by Gasteiger charge is 1.98. The zero-order valence-corrected chi connectivity index (χ0v) is 9.73. The number of anilines is 1. The van der Waals surface area contributed by atoms with Crippen LogP contribution >= 0.6 is 11.5 Å². The second kappa shape index (κ2) is 5.93. The molecule has 1 rings (SSSR count). The smallest absolute Gasteiger partial charge is 0.202 e. The van der Waals surface area contributed by atoms with Crippen molar-refractivity contribution in [1.82, 2.24) is 9.36 Å². The number of rotatable bonds is 6. The van der Waals surface area contributed by atoms with Gasteiger partial charge in [-0.05, 0) is 27.2 Å². The molecule has 0 radical (unpaired) electrons. The van der Waals surface area contributed by atoms with E-state index in [2.05, 4.69) is 14.7 Å². The fraction of sp³-hybridized carbons (Fsp3) is 0.778. The highest BCUT2D eigenvalue weighted by Crippen LogP contribution is 2.09. The first-order valence-corrected chi connectivity index (χ1v) is 5.61. The molecule has 1 heterocycles. The first kappa shape index (κ1) is 11.4. The number of nitrogens with zero attached hydrogens (tertiary/aromatic N) is 2. The summed E-state index contributed by atoms with van der Waals surface area (Å²) in [5.74, 6) is 0.830. The Kier molecular flexibility index (Phi) is 4.82. The molecule has 5 heteroatoms. The molecule has 14 heavy (non-hydrogen) atoms. The van der Waals surface area contributed by atoms with Gasteiger partial charge < -0.3 is 10.1 Å². The Bertz CT molecular complexity index is 262. The molecule has 1 N–H and O–H groups in total. The molecule has 0 unspecified atom stereocenters. The second-order valence-electron chi connectivity index (χ2n) is 3.35. The Labute approximate surface area is 88.9 Å². The third kappa shape index (κ3) is 4.53. The van der Waals surface area contributed by atoms with Crippen molar-refractivity contribution >= 4 is 16.7 Å². The quantitative estimate of drug-likeness (QED) is 0.738. The van der Waals surface area contributed by atoms with Gasteiger partial charge in [-0.25, -0.2) is 4.98 Å². The van der Waals surface area contributed by atoms with Gasteiger partial charge in [0.15, 0.2) is 0 Å². The van der Waals surface area contributed by atoms with Crippen LogP contribution in [0.25, 0.3) is 0 Å². The highest BCUT2D eigenvalue weighted by molar-refractivity contribution is 7.09. The Morgan fingerprint density at radius 2 is 2.29 bits per heavy atom. The Hall–Kier alpha value is -0.680. The van der Waals surface area contributed by atoms with Gasteiger partial charge >= 0.3 is 0 Å². The second-order valence-corrected chi connectivity index (χ2v) is 4.10. The molecule has 0 aliphatic heterocycles. The third-order valence-corrected chi connectivity index (χ3v) is 2.34. The lowest BCUT2D eigenvalue weighted by Crippen LogP contribution is -2.09. The van der Waals surface area contributed by atoms with Gasteiger partial charge in [0.2, 0.25) is 5.13 Å². The summed E-state index contributed by atoms with van der Waals surface area (Å²) in [6, 6.07) is 0. The molecule has 0 aromatic carbocycles. The van der Waals surface area contributed by atoms with Crippen LogP contribution in [0.4, 0.5) is 5.13 Å². The third-order valence-electron chi connectivity index (χ3n) is 1.58. The minimum atomic E-state index is 0.318. The monoisotopic (exact) mass is 215 g/mol. The van der Waals surface area contributed by atoms with E-state index in [0.29, 0.717) is 6.10 Å². The van der Waals surface area contributed by atoms with E-state index in [4.69, 9.17) is 4.74 Å². The Morgan fingerprint density at radius 3 is 2.86 bits per heavy atom. The molecular weight excluding hydrogens is 198 g/mol. The molecular formula is C9H17N3OS. The molecule has 4 nitrogen and oxygen atoms in total. The molecule has 0 atom stereocenters. The summed E-state index contributed by atoms with van der Waals surface area (Å²) in [5, 5.41) is 4.10. The van der Waals surface area contributed by atoms with Crippen LogP contribution in [0.1, 0.15) is 26.1 Å². The van der Waals surface area contributed by atoms with E-state index in [-0.39, 0.29) is 0 Å². The van der Waals surface area contributed by atoms with Crippen molar-refractivity contribution in [3.63, 3.8) is 0 Å². The van der Waals surface area contributed by atoms with E-state index in [1.807, 2.05) is 20.8 Å². The fourth-order valence-corrected chi connectivity index (χ4v) is 1.55. The van der Waals surface area contributed by atoms with Gasteiger partial charge in [-0.3, -0.25) is 0 Å². The summed E-state index contributed by atoms with van der Waals surface area (Å²) in [5.41, 5.74) is 0. The average molecular weight is 215 g/mol. The molecule has 0 saturated carbocycles. The van der Waals surface area contributed by atoms with Gasteiger partial charge in [-0.15, -0.1) is 0 Å². The standard InChI is InChI=1S/C9H17N3OS/c1-7(2)13-6-4-5-10-9-11-8(3)12-14-9/h7H,4-6H2,1-3H3,(H,10,11,12). The number of aromatic nitrogens is 2. The Morgan fingerprint density at radius 1 is 1.50 bits per heavy atom. The van der Waals surface area contributed by atoms with Crippen molar-refractivity contribution in [1.29, 1.82) is 0 Å².